The summed E-state index contributed by atoms with van der Waals surface area (Å²) in [5.41, 5.74) is 0. The predicted molar refractivity (Wildman–Crippen MR) is 146 cm³/mol. The quantitative estimate of drug-likeness (QED) is 0.0812. The van der Waals surface area contributed by atoms with E-state index in [2.05, 4.69) is 13.8 Å². The van der Waals surface area contributed by atoms with E-state index in [0.717, 1.165) is 38.5 Å². The van der Waals surface area contributed by atoms with Crippen LogP contribution in [0.25, 0.3) is 0 Å². The zero-order valence-electron chi connectivity index (χ0n) is 23.9. The fraction of sp³-hybridized carbons (Fsp3) is 0.926. The molecule has 0 amide bonds. The number of aliphatic hydroxyl groups is 3. The Balaban J connectivity index is 2.66. The lowest BCUT2D eigenvalue weighted by atomic mass is 10.00. The Morgan fingerprint density at radius 2 is 1.27 bits per heavy atom. The van der Waals surface area contributed by atoms with Crippen LogP contribution in [0.3, 0.4) is 0 Å². The van der Waals surface area contributed by atoms with E-state index in [4.69, 9.17) is 23.5 Å². The first-order valence-electron chi connectivity index (χ1n) is 14.6. The fourth-order valence-electron chi connectivity index (χ4n) is 4.32. The summed E-state index contributed by atoms with van der Waals surface area (Å²) < 4.78 is 53.1. The number of unbranched alkanes of at least 4 members (excludes halogenated alkanes) is 10. The van der Waals surface area contributed by atoms with Crippen LogP contribution in [0.15, 0.2) is 0 Å². The summed E-state index contributed by atoms with van der Waals surface area (Å²) in [6.45, 7) is 3.51. The molecule has 1 saturated heterocycles. The summed E-state index contributed by atoms with van der Waals surface area (Å²) in [6.07, 6.45) is 2.79. The van der Waals surface area contributed by atoms with Gasteiger partial charge in [-0.05, 0) is 12.8 Å². The van der Waals surface area contributed by atoms with Crippen molar-refractivity contribution < 1.29 is 56.8 Å². The number of esters is 2. The molecule has 0 aromatic carbocycles. The average Bonchev–Trinajstić information content (AvgIpc) is 2.89. The lowest BCUT2D eigenvalue weighted by Gasteiger charge is -2.40. The second kappa shape index (κ2) is 20.5. The van der Waals surface area contributed by atoms with E-state index in [0.29, 0.717) is 12.8 Å². The molecule has 1 aliphatic rings. The zero-order chi connectivity index (χ0) is 30.0. The molecule has 236 valence electrons. The maximum absolute atomic E-state index is 12.5. The van der Waals surface area contributed by atoms with Crippen LogP contribution in [0.4, 0.5) is 0 Å². The second-order valence-electron chi connectivity index (χ2n) is 10.4. The van der Waals surface area contributed by atoms with Crippen LogP contribution in [0.2, 0.25) is 0 Å². The van der Waals surface area contributed by atoms with Crippen LogP contribution in [0, 0.1) is 0 Å². The maximum atomic E-state index is 12.5. The molecule has 0 radical (unpaired) electrons. The smallest absolute Gasteiger partial charge is 0.306 e. The monoisotopic (exact) mass is 598 g/mol. The van der Waals surface area contributed by atoms with E-state index in [1.54, 1.807) is 0 Å². The molecule has 0 spiro atoms. The fourth-order valence-corrected chi connectivity index (χ4v) is 5.01. The highest BCUT2D eigenvalue weighted by Gasteiger charge is 2.46. The third kappa shape index (κ3) is 16.2. The van der Waals surface area contributed by atoms with Gasteiger partial charge in [-0.15, -0.1) is 0 Å². The Morgan fingerprint density at radius 3 is 1.85 bits per heavy atom. The lowest BCUT2D eigenvalue weighted by Crippen LogP contribution is -2.60. The molecular formula is C27H50O12S. The van der Waals surface area contributed by atoms with Gasteiger partial charge in [-0.2, -0.15) is 8.42 Å². The minimum atomic E-state index is -4.58. The van der Waals surface area contributed by atoms with Crippen molar-refractivity contribution in [2.45, 2.75) is 141 Å². The first-order valence-corrected chi connectivity index (χ1v) is 16.2. The normalized spacial score (nSPS) is 24.0. The van der Waals surface area contributed by atoms with Gasteiger partial charge in [0.2, 0.25) is 0 Å². The minimum absolute atomic E-state index is 0.167. The molecule has 0 aliphatic carbocycles. The molecule has 0 aromatic heterocycles. The van der Waals surface area contributed by atoms with Crippen molar-refractivity contribution in [3.63, 3.8) is 0 Å². The Kier molecular flexibility index (Phi) is 18.8. The van der Waals surface area contributed by atoms with Gasteiger partial charge in [-0.3, -0.25) is 14.1 Å². The number of aliphatic hydroxyl groups excluding tert-OH is 3. The topological polar surface area (TPSA) is 186 Å². The standard InChI is InChI=1S/C27H50O12S/c1-3-5-7-9-10-11-12-14-16-23(29)38-20(17-36-22(28)15-13-8-6-4-2)18-37-27-26(32)25(31)24(30)21(39-27)19-40(33,34)35/h20-21,24-27,30-32H,3-19H2,1-2H3,(H,33,34,35)/t20-,21-,24-,25+,26-,27-/m1/s1. The SMILES string of the molecule is CCCCCCCCCCC(=O)O[C@H](COC(=O)CCCCCC)CO[C@@H]1O[C@H](CS(=O)(=O)O)[C@@H](O)[C@H](O)[C@H]1O. The number of hydrogen-bond donors (Lipinski definition) is 4. The highest BCUT2D eigenvalue weighted by atomic mass is 32.2. The van der Waals surface area contributed by atoms with Gasteiger partial charge in [-0.1, -0.05) is 78.1 Å². The van der Waals surface area contributed by atoms with Crippen LogP contribution in [-0.4, -0.2) is 96.0 Å². The van der Waals surface area contributed by atoms with Crippen LogP contribution in [-0.2, 0) is 38.7 Å². The third-order valence-corrected chi connectivity index (χ3v) is 7.44. The lowest BCUT2D eigenvalue weighted by molar-refractivity contribution is -0.297. The highest BCUT2D eigenvalue weighted by molar-refractivity contribution is 7.85. The van der Waals surface area contributed by atoms with Crippen molar-refractivity contribution in [2.75, 3.05) is 19.0 Å². The summed E-state index contributed by atoms with van der Waals surface area (Å²) >= 11 is 0. The van der Waals surface area contributed by atoms with Gasteiger partial charge in [0, 0.05) is 12.8 Å². The van der Waals surface area contributed by atoms with Crippen LogP contribution in [0.5, 0.6) is 0 Å². The molecule has 4 N–H and O–H groups in total. The molecule has 1 aliphatic heterocycles. The molecule has 40 heavy (non-hydrogen) atoms. The molecular weight excluding hydrogens is 548 g/mol. The Morgan fingerprint density at radius 1 is 0.750 bits per heavy atom. The molecule has 0 saturated carbocycles. The van der Waals surface area contributed by atoms with Crippen LogP contribution < -0.4 is 0 Å². The summed E-state index contributed by atoms with van der Waals surface area (Å²) in [5, 5.41) is 30.4. The number of carbonyl (C=O) groups is 2. The molecule has 0 bridgehead atoms. The number of carbonyl (C=O) groups excluding carboxylic acids is 2. The summed E-state index contributed by atoms with van der Waals surface area (Å²) in [7, 11) is -4.58. The van der Waals surface area contributed by atoms with E-state index in [-0.39, 0.29) is 19.4 Å². The minimum Gasteiger partial charge on any atom is -0.462 e. The van der Waals surface area contributed by atoms with Crippen molar-refractivity contribution in [3.05, 3.63) is 0 Å². The van der Waals surface area contributed by atoms with Gasteiger partial charge in [0.05, 0.1) is 6.61 Å². The molecule has 1 heterocycles. The molecule has 0 aromatic rings. The van der Waals surface area contributed by atoms with Crippen molar-refractivity contribution in [2.24, 2.45) is 0 Å². The van der Waals surface area contributed by atoms with E-state index in [9.17, 15) is 33.3 Å². The van der Waals surface area contributed by atoms with Gasteiger partial charge < -0.3 is 34.3 Å². The van der Waals surface area contributed by atoms with Gasteiger partial charge in [-0.25, -0.2) is 0 Å². The van der Waals surface area contributed by atoms with E-state index < -0.39 is 71.2 Å². The van der Waals surface area contributed by atoms with E-state index in [1.165, 1.54) is 25.7 Å². The zero-order valence-corrected chi connectivity index (χ0v) is 24.8. The van der Waals surface area contributed by atoms with Gasteiger partial charge in [0.1, 0.15) is 36.8 Å². The van der Waals surface area contributed by atoms with Crippen molar-refractivity contribution in [3.8, 4) is 0 Å². The van der Waals surface area contributed by atoms with E-state index >= 15 is 0 Å². The first-order chi connectivity index (χ1) is 19.0. The summed E-state index contributed by atoms with van der Waals surface area (Å²) in [4.78, 5) is 24.6. The Hall–Kier alpha value is -1.35. The van der Waals surface area contributed by atoms with E-state index in [1.807, 2.05) is 0 Å². The summed E-state index contributed by atoms with van der Waals surface area (Å²) in [5.74, 6) is -2.01. The average molecular weight is 599 g/mol. The largest absolute Gasteiger partial charge is 0.462 e. The van der Waals surface area contributed by atoms with Crippen LogP contribution >= 0.6 is 0 Å². The number of hydrogen-bond acceptors (Lipinski definition) is 11. The molecule has 0 unspecified atom stereocenters. The van der Waals surface area contributed by atoms with Gasteiger partial charge in [0.25, 0.3) is 10.1 Å². The molecule has 6 atom stereocenters. The Bertz CT molecular complexity index is 805. The molecule has 1 fully saturated rings. The van der Waals surface area contributed by atoms with Crippen molar-refractivity contribution >= 4 is 22.1 Å². The Labute approximate surface area is 238 Å². The predicted octanol–water partition coefficient (Wildman–Crippen LogP) is 2.65. The van der Waals surface area contributed by atoms with Crippen molar-refractivity contribution in [1.82, 2.24) is 0 Å². The molecule has 12 nitrogen and oxygen atoms in total. The van der Waals surface area contributed by atoms with Gasteiger partial charge in [0.15, 0.2) is 12.4 Å². The van der Waals surface area contributed by atoms with Crippen molar-refractivity contribution in [1.29, 1.82) is 0 Å². The highest BCUT2D eigenvalue weighted by Crippen LogP contribution is 2.23. The molecule has 13 heteroatoms. The van der Waals surface area contributed by atoms with Gasteiger partial charge >= 0.3 is 11.9 Å². The van der Waals surface area contributed by atoms with Crippen LogP contribution in [0.1, 0.15) is 104 Å². The third-order valence-electron chi connectivity index (χ3n) is 6.69. The second-order valence-corrected chi connectivity index (χ2v) is 11.9. The number of ether oxygens (including phenoxy) is 4. The maximum Gasteiger partial charge on any atom is 0.306 e. The summed E-state index contributed by atoms with van der Waals surface area (Å²) in [6, 6.07) is 0. The first kappa shape index (κ1) is 36.7. The molecule has 1 rings (SSSR count). The number of rotatable bonds is 22.